The Kier molecular flexibility index (Phi) is 5.15. The Hall–Kier alpha value is -2.34. The molecule has 0 unspecified atom stereocenters. The molecule has 1 aliphatic carbocycles. The molecule has 3 rings (SSSR count). The number of benzene rings is 1. The van der Waals surface area contributed by atoms with Gasteiger partial charge < -0.3 is 21.4 Å². The van der Waals surface area contributed by atoms with E-state index in [0.29, 0.717) is 18.5 Å². The molecule has 0 saturated heterocycles. The Bertz CT molecular complexity index is 717. The zero-order valence-corrected chi connectivity index (χ0v) is 13.7. The summed E-state index contributed by atoms with van der Waals surface area (Å²) in [6, 6.07) is 7.98. The monoisotopic (exact) mass is 328 g/mol. The van der Waals surface area contributed by atoms with Crippen molar-refractivity contribution in [1.29, 1.82) is 0 Å². The molecule has 0 bridgehead atoms. The van der Waals surface area contributed by atoms with Gasteiger partial charge in [-0.1, -0.05) is 6.07 Å². The van der Waals surface area contributed by atoms with Crippen LogP contribution in [-0.2, 0) is 4.79 Å². The van der Waals surface area contributed by atoms with Gasteiger partial charge in [0.1, 0.15) is 0 Å². The molecule has 0 aliphatic heterocycles. The zero-order chi connectivity index (χ0) is 16.9. The van der Waals surface area contributed by atoms with E-state index < -0.39 is 0 Å². The predicted octanol–water partition coefficient (Wildman–Crippen LogP) is 1.67. The molecule has 24 heavy (non-hydrogen) atoms. The molecule has 2 amide bonds. The number of nitrogens with two attached hydrogens (primary N) is 1. The molecule has 1 heterocycles. The van der Waals surface area contributed by atoms with Gasteiger partial charge in [0.2, 0.25) is 5.91 Å². The fourth-order valence-corrected chi connectivity index (χ4v) is 3.36. The van der Waals surface area contributed by atoms with E-state index in [1.807, 2.05) is 30.5 Å². The summed E-state index contributed by atoms with van der Waals surface area (Å²) in [5.74, 6) is -0.0139. The molecule has 6 nitrogen and oxygen atoms in total. The van der Waals surface area contributed by atoms with Crippen molar-refractivity contribution in [3.05, 3.63) is 36.0 Å². The van der Waals surface area contributed by atoms with E-state index in [1.165, 1.54) is 0 Å². The molecule has 1 aromatic carbocycles. The number of hydrogen-bond acceptors (Lipinski definition) is 3. The van der Waals surface area contributed by atoms with Crippen molar-refractivity contribution in [2.24, 2.45) is 5.73 Å². The zero-order valence-electron chi connectivity index (χ0n) is 13.7. The molecule has 1 fully saturated rings. The van der Waals surface area contributed by atoms with Crippen LogP contribution in [0.25, 0.3) is 10.9 Å². The van der Waals surface area contributed by atoms with Gasteiger partial charge in [0.25, 0.3) is 5.91 Å². The van der Waals surface area contributed by atoms with Crippen LogP contribution in [0, 0.1) is 0 Å². The van der Waals surface area contributed by atoms with Gasteiger partial charge in [0, 0.05) is 47.7 Å². The van der Waals surface area contributed by atoms with Crippen molar-refractivity contribution in [3.63, 3.8) is 0 Å². The first-order valence-corrected chi connectivity index (χ1v) is 8.54. The number of fused-ring (bicyclic) bond motifs is 1. The summed E-state index contributed by atoms with van der Waals surface area (Å²) in [7, 11) is 0. The highest BCUT2D eigenvalue weighted by Gasteiger charge is 2.24. The Morgan fingerprint density at radius 1 is 1.08 bits per heavy atom. The molecule has 128 valence electrons. The molecular weight excluding hydrogens is 304 g/mol. The third-order valence-corrected chi connectivity index (χ3v) is 4.64. The SMILES string of the molecule is NCCC(=O)NC1CCC(NC(=O)c2cccc3[nH]ccc23)CC1. The Balaban J connectivity index is 1.53. The minimum Gasteiger partial charge on any atom is -0.361 e. The second-order valence-electron chi connectivity index (χ2n) is 6.37. The predicted molar refractivity (Wildman–Crippen MR) is 93.6 cm³/mol. The van der Waals surface area contributed by atoms with E-state index in [-0.39, 0.29) is 23.9 Å². The van der Waals surface area contributed by atoms with E-state index in [9.17, 15) is 9.59 Å². The third kappa shape index (κ3) is 3.76. The number of aromatic nitrogens is 1. The van der Waals surface area contributed by atoms with Gasteiger partial charge in [-0.05, 0) is 43.9 Å². The number of rotatable bonds is 5. The van der Waals surface area contributed by atoms with Crippen molar-refractivity contribution in [1.82, 2.24) is 15.6 Å². The van der Waals surface area contributed by atoms with E-state index >= 15 is 0 Å². The van der Waals surface area contributed by atoms with Crippen molar-refractivity contribution in [2.75, 3.05) is 6.54 Å². The minimum absolute atomic E-state index is 0.0177. The summed E-state index contributed by atoms with van der Waals surface area (Å²) >= 11 is 0. The van der Waals surface area contributed by atoms with Gasteiger partial charge in [0.05, 0.1) is 0 Å². The standard InChI is InChI=1S/C18H24N4O2/c19-10-8-17(23)21-12-4-6-13(7-5-12)22-18(24)15-2-1-3-16-14(15)9-11-20-16/h1-3,9,11-13,20H,4-8,10,19H2,(H,21,23)(H,22,24). The van der Waals surface area contributed by atoms with E-state index in [2.05, 4.69) is 15.6 Å². The molecule has 5 N–H and O–H groups in total. The quantitative estimate of drug-likeness (QED) is 0.672. The maximum atomic E-state index is 12.6. The largest absolute Gasteiger partial charge is 0.361 e. The Labute approximate surface area is 141 Å². The Morgan fingerprint density at radius 2 is 1.79 bits per heavy atom. The average Bonchev–Trinajstić information content (AvgIpc) is 3.05. The van der Waals surface area contributed by atoms with E-state index in [4.69, 9.17) is 5.73 Å². The second kappa shape index (κ2) is 7.49. The molecule has 2 aromatic rings. The lowest BCUT2D eigenvalue weighted by Crippen LogP contribution is -2.44. The van der Waals surface area contributed by atoms with Crippen LogP contribution in [0.5, 0.6) is 0 Å². The molecule has 1 aromatic heterocycles. The van der Waals surface area contributed by atoms with Gasteiger partial charge in [-0.25, -0.2) is 0 Å². The van der Waals surface area contributed by atoms with Gasteiger partial charge >= 0.3 is 0 Å². The van der Waals surface area contributed by atoms with Crippen molar-refractivity contribution in [3.8, 4) is 0 Å². The summed E-state index contributed by atoms with van der Waals surface area (Å²) in [5, 5.41) is 7.08. The molecule has 0 radical (unpaired) electrons. The van der Waals surface area contributed by atoms with E-state index in [0.717, 1.165) is 36.6 Å². The van der Waals surface area contributed by atoms with Gasteiger partial charge in [-0.15, -0.1) is 0 Å². The molecule has 6 heteroatoms. The van der Waals surface area contributed by atoms with Crippen molar-refractivity contribution in [2.45, 2.75) is 44.2 Å². The van der Waals surface area contributed by atoms with Crippen LogP contribution in [-0.4, -0.2) is 35.4 Å². The molecule has 1 saturated carbocycles. The summed E-state index contributed by atoms with van der Waals surface area (Å²) in [5.41, 5.74) is 7.06. The van der Waals surface area contributed by atoms with Crippen LogP contribution in [0.3, 0.4) is 0 Å². The normalized spacial score (nSPS) is 20.7. The van der Waals surface area contributed by atoms with Crippen LogP contribution in [0.4, 0.5) is 0 Å². The smallest absolute Gasteiger partial charge is 0.252 e. The lowest BCUT2D eigenvalue weighted by Gasteiger charge is -2.29. The number of hydrogen-bond donors (Lipinski definition) is 4. The van der Waals surface area contributed by atoms with E-state index in [1.54, 1.807) is 0 Å². The van der Waals surface area contributed by atoms with Gasteiger partial charge in [-0.3, -0.25) is 9.59 Å². The highest BCUT2D eigenvalue weighted by Crippen LogP contribution is 2.21. The van der Waals surface area contributed by atoms with Gasteiger partial charge in [-0.2, -0.15) is 0 Å². The maximum Gasteiger partial charge on any atom is 0.252 e. The van der Waals surface area contributed by atoms with Crippen molar-refractivity contribution < 1.29 is 9.59 Å². The Morgan fingerprint density at radius 3 is 2.50 bits per heavy atom. The minimum atomic E-state index is -0.0317. The fraction of sp³-hybridized carbons (Fsp3) is 0.444. The summed E-state index contributed by atoms with van der Waals surface area (Å²) in [6.07, 6.45) is 5.74. The topological polar surface area (TPSA) is 100 Å². The first-order chi connectivity index (χ1) is 11.7. The second-order valence-corrected chi connectivity index (χ2v) is 6.37. The van der Waals surface area contributed by atoms with Crippen molar-refractivity contribution >= 4 is 22.7 Å². The third-order valence-electron chi connectivity index (χ3n) is 4.64. The number of nitrogens with one attached hydrogen (secondary N) is 3. The fourth-order valence-electron chi connectivity index (χ4n) is 3.36. The summed E-state index contributed by atoms with van der Waals surface area (Å²) in [4.78, 5) is 27.3. The van der Waals surface area contributed by atoms with Gasteiger partial charge in [0.15, 0.2) is 0 Å². The average molecular weight is 328 g/mol. The lowest BCUT2D eigenvalue weighted by atomic mass is 9.90. The first kappa shape index (κ1) is 16.5. The molecule has 1 aliphatic rings. The molecule has 0 atom stereocenters. The summed E-state index contributed by atoms with van der Waals surface area (Å²) in [6.45, 7) is 0.377. The van der Waals surface area contributed by atoms with Crippen LogP contribution in [0.1, 0.15) is 42.5 Å². The van der Waals surface area contributed by atoms with Crippen LogP contribution < -0.4 is 16.4 Å². The highest BCUT2D eigenvalue weighted by atomic mass is 16.2. The summed E-state index contributed by atoms with van der Waals surface area (Å²) < 4.78 is 0. The van der Waals surface area contributed by atoms with Crippen LogP contribution >= 0.6 is 0 Å². The number of aromatic amines is 1. The molecular formula is C18H24N4O2. The first-order valence-electron chi connectivity index (χ1n) is 8.54. The number of H-pyrrole nitrogens is 1. The number of carbonyl (C=O) groups is 2. The number of carbonyl (C=O) groups excluding carboxylic acids is 2. The van der Waals surface area contributed by atoms with Crippen LogP contribution in [0.15, 0.2) is 30.5 Å². The molecule has 0 spiro atoms. The lowest BCUT2D eigenvalue weighted by molar-refractivity contribution is -0.121. The highest BCUT2D eigenvalue weighted by molar-refractivity contribution is 6.06. The van der Waals surface area contributed by atoms with Crippen LogP contribution in [0.2, 0.25) is 0 Å². The number of amides is 2. The maximum absolute atomic E-state index is 12.6.